The van der Waals surface area contributed by atoms with Crippen molar-refractivity contribution in [2.75, 3.05) is 11.9 Å². The third-order valence-electron chi connectivity index (χ3n) is 2.60. The molecule has 0 spiro atoms. The van der Waals surface area contributed by atoms with Crippen molar-refractivity contribution >= 4 is 24.0 Å². The van der Waals surface area contributed by atoms with E-state index >= 15 is 0 Å². The molecule has 1 aromatic rings. The van der Waals surface area contributed by atoms with Gasteiger partial charge in [-0.05, 0) is 26.3 Å². The second-order valence-corrected chi connectivity index (χ2v) is 4.09. The number of halogens is 1. The number of carbonyl (C=O) groups excluding carboxylic acids is 1. The predicted octanol–water partition coefficient (Wildman–Crippen LogP) is 2.17. The SMILES string of the molecule is CCn1cc(NC(=O)CCCCCCN)cn1.Cl. The van der Waals surface area contributed by atoms with Crippen LogP contribution in [0.4, 0.5) is 5.69 Å². The Hall–Kier alpha value is -1.07. The molecule has 5 nitrogen and oxygen atoms in total. The molecule has 18 heavy (non-hydrogen) atoms. The Morgan fingerprint density at radius 3 is 2.72 bits per heavy atom. The van der Waals surface area contributed by atoms with Crippen LogP contribution in [0, 0.1) is 0 Å². The monoisotopic (exact) mass is 274 g/mol. The van der Waals surface area contributed by atoms with Gasteiger partial charge >= 0.3 is 0 Å². The number of hydrogen-bond acceptors (Lipinski definition) is 3. The Balaban J connectivity index is 0.00000289. The fourth-order valence-electron chi connectivity index (χ4n) is 1.61. The van der Waals surface area contributed by atoms with Crippen LogP contribution in [0.2, 0.25) is 0 Å². The largest absolute Gasteiger partial charge is 0.330 e. The minimum atomic E-state index is 0. The normalized spacial score (nSPS) is 9.89. The molecule has 3 N–H and O–H groups in total. The van der Waals surface area contributed by atoms with Crippen molar-refractivity contribution in [2.45, 2.75) is 45.6 Å². The Labute approximate surface area is 115 Å². The molecule has 0 aliphatic carbocycles. The molecule has 0 saturated heterocycles. The van der Waals surface area contributed by atoms with E-state index < -0.39 is 0 Å². The first-order valence-corrected chi connectivity index (χ1v) is 6.28. The van der Waals surface area contributed by atoms with Crippen LogP contribution < -0.4 is 11.1 Å². The van der Waals surface area contributed by atoms with Crippen LogP contribution in [0.5, 0.6) is 0 Å². The summed E-state index contributed by atoms with van der Waals surface area (Å²) in [7, 11) is 0. The average molecular weight is 275 g/mol. The molecule has 0 radical (unpaired) electrons. The smallest absolute Gasteiger partial charge is 0.224 e. The highest BCUT2D eigenvalue weighted by Crippen LogP contribution is 2.07. The van der Waals surface area contributed by atoms with E-state index in [9.17, 15) is 4.79 Å². The first kappa shape index (κ1) is 16.9. The average Bonchev–Trinajstić information content (AvgIpc) is 2.76. The molecule has 1 aromatic heterocycles. The maximum atomic E-state index is 11.6. The van der Waals surface area contributed by atoms with Crippen molar-refractivity contribution < 1.29 is 4.79 Å². The molecule has 1 rings (SSSR count). The summed E-state index contributed by atoms with van der Waals surface area (Å²) in [6, 6.07) is 0. The number of nitrogens with zero attached hydrogens (tertiary/aromatic N) is 2. The van der Waals surface area contributed by atoms with E-state index in [-0.39, 0.29) is 18.3 Å². The molecule has 0 bridgehead atoms. The maximum Gasteiger partial charge on any atom is 0.224 e. The maximum absolute atomic E-state index is 11.6. The number of amides is 1. The molecular formula is C12H23ClN4O. The summed E-state index contributed by atoms with van der Waals surface area (Å²) in [5.41, 5.74) is 6.18. The minimum Gasteiger partial charge on any atom is -0.330 e. The first-order chi connectivity index (χ1) is 8.26. The second-order valence-electron chi connectivity index (χ2n) is 4.09. The van der Waals surface area contributed by atoms with Gasteiger partial charge in [-0.25, -0.2) is 0 Å². The van der Waals surface area contributed by atoms with Crippen LogP contribution in [0.3, 0.4) is 0 Å². The molecule has 6 heteroatoms. The predicted molar refractivity (Wildman–Crippen MR) is 75.9 cm³/mol. The fourth-order valence-corrected chi connectivity index (χ4v) is 1.61. The molecule has 0 saturated carbocycles. The summed E-state index contributed by atoms with van der Waals surface area (Å²) in [5.74, 6) is 0.0633. The van der Waals surface area contributed by atoms with Crippen molar-refractivity contribution in [3.8, 4) is 0 Å². The van der Waals surface area contributed by atoms with Gasteiger partial charge in [0.05, 0.1) is 11.9 Å². The van der Waals surface area contributed by atoms with E-state index in [1.54, 1.807) is 10.9 Å². The summed E-state index contributed by atoms with van der Waals surface area (Å²) in [6.07, 6.45) is 8.24. The summed E-state index contributed by atoms with van der Waals surface area (Å²) in [6.45, 7) is 3.56. The zero-order chi connectivity index (χ0) is 12.5. The molecule has 104 valence electrons. The van der Waals surface area contributed by atoms with Crippen LogP contribution >= 0.6 is 12.4 Å². The van der Waals surface area contributed by atoms with Crippen LogP contribution in [0.25, 0.3) is 0 Å². The number of hydrogen-bond donors (Lipinski definition) is 2. The highest BCUT2D eigenvalue weighted by atomic mass is 35.5. The number of unbranched alkanes of at least 4 members (excludes halogenated alkanes) is 3. The summed E-state index contributed by atoms with van der Waals surface area (Å²) < 4.78 is 1.79. The zero-order valence-corrected chi connectivity index (χ0v) is 11.7. The van der Waals surface area contributed by atoms with E-state index in [2.05, 4.69) is 10.4 Å². The molecule has 0 aliphatic heterocycles. The number of nitrogens with one attached hydrogen (secondary N) is 1. The van der Waals surface area contributed by atoms with E-state index in [0.717, 1.165) is 44.5 Å². The van der Waals surface area contributed by atoms with Gasteiger partial charge in [0.25, 0.3) is 0 Å². The third-order valence-corrected chi connectivity index (χ3v) is 2.60. The van der Waals surface area contributed by atoms with Crippen molar-refractivity contribution in [1.29, 1.82) is 0 Å². The number of aromatic nitrogens is 2. The zero-order valence-electron chi connectivity index (χ0n) is 10.9. The van der Waals surface area contributed by atoms with Crippen molar-refractivity contribution in [3.63, 3.8) is 0 Å². The van der Waals surface area contributed by atoms with Gasteiger partial charge in [0.15, 0.2) is 0 Å². The number of rotatable bonds is 8. The summed E-state index contributed by atoms with van der Waals surface area (Å²) in [4.78, 5) is 11.6. The number of carbonyl (C=O) groups is 1. The van der Waals surface area contributed by atoms with Crippen LogP contribution in [0.1, 0.15) is 39.0 Å². The molecule has 0 unspecified atom stereocenters. The molecule has 0 aromatic carbocycles. The van der Waals surface area contributed by atoms with Gasteiger partial charge in [-0.1, -0.05) is 12.8 Å². The Morgan fingerprint density at radius 2 is 2.11 bits per heavy atom. The van der Waals surface area contributed by atoms with E-state index in [4.69, 9.17) is 5.73 Å². The summed E-state index contributed by atoms with van der Waals surface area (Å²) >= 11 is 0. The van der Waals surface area contributed by atoms with Crippen LogP contribution in [0.15, 0.2) is 12.4 Å². The van der Waals surface area contributed by atoms with Gasteiger partial charge in [-0.2, -0.15) is 5.10 Å². The molecule has 0 atom stereocenters. The lowest BCUT2D eigenvalue weighted by Crippen LogP contribution is -2.10. The van der Waals surface area contributed by atoms with Crippen molar-refractivity contribution in [3.05, 3.63) is 12.4 Å². The molecule has 0 aliphatic rings. The lowest BCUT2D eigenvalue weighted by molar-refractivity contribution is -0.116. The van der Waals surface area contributed by atoms with E-state index in [0.29, 0.717) is 6.42 Å². The third kappa shape index (κ3) is 6.61. The Morgan fingerprint density at radius 1 is 1.39 bits per heavy atom. The first-order valence-electron chi connectivity index (χ1n) is 6.28. The van der Waals surface area contributed by atoms with Gasteiger partial charge in [-0.3, -0.25) is 9.48 Å². The lowest BCUT2D eigenvalue weighted by Gasteiger charge is -2.02. The highest BCUT2D eigenvalue weighted by molar-refractivity contribution is 5.90. The topological polar surface area (TPSA) is 72.9 Å². The van der Waals surface area contributed by atoms with Crippen LogP contribution in [-0.2, 0) is 11.3 Å². The molecule has 1 amide bonds. The quantitative estimate of drug-likeness (QED) is 0.714. The van der Waals surface area contributed by atoms with Gasteiger partial charge < -0.3 is 11.1 Å². The van der Waals surface area contributed by atoms with E-state index in [1.165, 1.54) is 0 Å². The van der Waals surface area contributed by atoms with Gasteiger partial charge in [0, 0.05) is 19.2 Å². The number of anilines is 1. The highest BCUT2D eigenvalue weighted by Gasteiger charge is 2.03. The van der Waals surface area contributed by atoms with Gasteiger partial charge in [0.2, 0.25) is 5.91 Å². The second kappa shape index (κ2) is 9.91. The Bertz CT molecular complexity index is 341. The number of nitrogens with two attached hydrogens (primary N) is 1. The lowest BCUT2D eigenvalue weighted by atomic mass is 10.1. The van der Waals surface area contributed by atoms with Gasteiger partial charge in [-0.15, -0.1) is 12.4 Å². The molecule has 0 fully saturated rings. The van der Waals surface area contributed by atoms with Crippen LogP contribution in [-0.4, -0.2) is 22.2 Å². The Kier molecular flexibility index (Phi) is 9.32. The van der Waals surface area contributed by atoms with E-state index in [1.807, 2.05) is 13.1 Å². The van der Waals surface area contributed by atoms with Gasteiger partial charge in [0.1, 0.15) is 0 Å². The molecule has 1 heterocycles. The van der Waals surface area contributed by atoms with Crippen molar-refractivity contribution in [1.82, 2.24) is 9.78 Å². The van der Waals surface area contributed by atoms with Crippen molar-refractivity contribution in [2.24, 2.45) is 5.73 Å². The summed E-state index contributed by atoms with van der Waals surface area (Å²) in [5, 5.41) is 6.94. The standard InChI is InChI=1S/C12H22N4O.ClH/c1-2-16-10-11(9-14-16)15-12(17)7-5-3-4-6-8-13;/h9-10H,2-8,13H2,1H3,(H,15,17);1H. The molecular weight excluding hydrogens is 252 g/mol. The number of aryl methyl sites for hydroxylation is 1. The fraction of sp³-hybridized carbons (Fsp3) is 0.667. The minimum absolute atomic E-state index is 0.